The molecular formula is C7H13BrNO2-. The molecule has 4 heteroatoms. The molecule has 0 aliphatic rings. The zero-order chi connectivity index (χ0) is 9.07. The summed E-state index contributed by atoms with van der Waals surface area (Å²) >= 11 is 3.18. The van der Waals surface area contributed by atoms with Crippen LogP contribution in [0.2, 0.25) is 0 Å². The van der Waals surface area contributed by atoms with Gasteiger partial charge >= 0.3 is 0 Å². The van der Waals surface area contributed by atoms with Gasteiger partial charge in [0, 0.05) is 17.4 Å². The van der Waals surface area contributed by atoms with Crippen molar-refractivity contribution in [2.45, 2.75) is 26.3 Å². The van der Waals surface area contributed by atoms with E-state index in [1.165, 1.54) is 4.90 Å². The number of amides is 1. The first kappa shape index (κ1) is 10.8. The van der Waals surface area contributed by atoms with E-state index in [1.807, 2.05) is 20.8 Å². The van der Waals surface area contributed by atoms with Gasteiger partial charge in [-0.3, -0.25) is 0 Å². The summed E-state index contributed by atoms with van der Waals surface area (Å²) < 4.78 is 0. The topological polar surface area (TPSA) is 43.4 Å². The number of nitrogens with zero attached hydrogens (tertiary/aromatic N) is 1. The lowest BCUT2D eigenvalue weighted by molar-refractivity contribution is -0.270. The summed E-state index contributed by atoms with van der Waals surface area (Å²) in [5, 5.41) is 11.2. The first-order valence-corrected chi connectivity index (χ1v) is 4.56. The smallest absolute Gasteiger partial charge is 0.137 e. The van der Waals surface area contributed by atoms with Crippen LogP contribution in [0, 0.1) is 0 Å². The fourth-order valence-electron chi connectivity index (χ4n) is 0.785. The van der Waals surface area contributed by atoms with Gasteiger partial charge in [0.1, 0.15) is 6.09 Å². The monoisotopic (exact) mass is 222 g/mol. The van der Waals surface area contributed by atoms with E-state index in [0.717, 1.165) is 0 Å². The Hall–Kier alpha value is -0.250. The number of carbonyl (C=O) groups excluding carboxylic acids is 1. The van der Waals surface area contributed by atoms with Crippen LogP contribution < -0.4 is 5.11 Å². The molecule has 0 heterocycles. The quantitative estimate of drug-likeness (QED) is 0.650. The number of rotatable bonds is 2. The first-order chi connectivity index (χ1) is 4.89. The second kappa shape index (κ2) is 3.95. The SMILES string of the molecule is CC(C)(C)N(CCBr)C(=O)[O-]. The van der Waals surface area contributed by atoms with E-state index in [0.29, 0.717) is 11.9 Å². The van der Waals surface area contributed by atoms with E-state index < -0.39 is 6.09 Å². The molecule has 3 nitrogen and oxygen atoms in total. The van der Waals surface area contributed by atoms with Gasteiger partial charge in [0.05, 0.1) is 0 Å². The summed E-state index contributed by atoms with van der Waals surface area (Å²) in [6.45, 7) is 5.98. The van der Waals surface area contributed by atoms with Gasteiger partial charge in [0.2, 0.25) is 0 Å². The second-order valence-electron chi connectivity index (χ2n) is 3.28. The van der Waals surface area contributed by atoms with Crippen molar-refractivity contribution in [3.63, 3.8) is 0 Å². The van der Waals surface area contributed by atoms with Crippen LogP contribution in [0.3, 0.4) is 0 Å². The Morgan fingerprint density at radius 3 is 2.09 bits per heavy atom. The summed E-state index contributed by atoms with van der Waals surface area (Å²) in [4.78, 5) is 11.8. The molecular weight excluding hydrogens is 210 g/mol. The van der Waals surface area contributed by atoms with Crippen LogP contribution in [0.1, 0.15) is 20.8 Å². The molecule has 0 saturated carbocycles. The molecule has 0 aliphatic heterocycles. The summed E-state index contributed by atoms with van der Waals surface area (Å²) in [6, 6.07) is 0. The van der Waals surface area contributed by atoms with Crippen molar-refractivity contribution >= 4 is 22.0 Å². The molecule has 0 bridgehead atoms. The molecule has 0 spiro atoms. The Kier molecular flexibility index (Phi) is 3.86. The van der Waals surface area contributed by atoms with Crippen molar-refractivity contribution in [2.24, 2.45) is 0 Å². The highest BCUT2D eigenvalue weighted by Crippen LogP contribution is 2.12. The van der Waals surface area contributed by atoms with E-state index in [1.54, 1.807) is 0 Å². The average molecular weight is 223 g/mol. The van der Waals surface area contributed by atoms with Gasteiger partial charge in [0.15, 0.2) is 0 Å². The average Bonchev–Trinajstić information content (AvgIpc) is 1.79. The van der Waals surface area contributed by atoms with E-state index in [4.69, 9.17) is 0 Å². The molecule has 66 valence electrons. The molecule has 0 aromatic rings. The fraction of sp³-hybridized carbons (Fsp3) is 0.857. The number of alkyl halides is 1. The molecule has 0 fully saturated rings. The van der Waals surface area contributed by atoms with Crippen LogP contribution in [-0.4, -0.2) is 28.4 Å². The standard InChI is InChI=1S/C7H14BrNO2/c1-7(2,3)9(5-4-8)6(10)11/h4-5H2,1-3H3,(H,10,11)/p-1. The molecule has 0 aliphatic carbocycles. The predicted molar refractivity (Wildman–Crippen MR) is 45.6 cm³/mol. The van der Waals surface area contributed by atoms with Crippen LogP contribution in [-0.2, 0) is 0 Å². The third-order valence-electron chi connectivity index (χ3n) is 1.34. The number of hydrogen-bond donors (Lipinski definition) is 0. The Labute approximate surface area is 75.5 Å². The highest BCUT2D eigenvalue weighted by atomic mass is 79.9. The lowest BCUT2D eigenvalue weighted by Gasteiger charge is -2.37. The molecule has 0 saturated heterocycles. The van der Waals surface area contributed by atoms with Crippen LogP contribution in [0.4, 0.5) is 4.79 Å². The predicted octanol–water partition coefficient (Wildman–Crippen LogP) is 0.825. The molecule has 11 heavy (non-hydrogen) atoms. The van der Waals surface area contributed by atoms with Crippen LogP contribution in [0.25, 0.3) is 0 Å². The lowest BCUT2D eigenvalue weighted by atomic mass is 10.1. The lowest BCUT2D eigenvalue weighted by Crippen LogP contribution is -2.52. The maximum Gasteiger partial charge on any atom is 0.137 e. The van der Waals surface area contributed by atoms with Gasteiger partial charge in [-0.1, -0.05) is 15.9 Å². The third-order valence-corrected chi connectivity index (χ3v) is 1.69. The minimum Gasteiger partial charge on any atom is -0.530 e. The van der Waals surface area contributed by atoms with Crippen molar-refractivity contribution in [1.82, 2.24) is 4.90 Å². The summed E-state index contributed by atoms with van der Waals surface area (Å²) in [7, 11) is 0. The molecule has 0 unspecified atom stereocenters. The van der Waals surface area contributed by atoms with Gasteiger partial charge in [0.25, 0.3) is 0 Å². The van der Waals surface area contributed by atoms with Gasteiger partial charge in [-0.2, -0.15) is 0 Å². The maximum atomic E-state index is 10.5. The van der Waals surface area contributed by atoms with Crippen molar-refractivity contribution in [3.8, 4) is 0 Å². The molecule has 0 N–H and O–H groups in total. The highest BCUT2D eigenvalue weighted by molar-refractivity contribution is 9.09. The number of halogens is 1. The summed E-state index contributed by atoms with van der Waals surface area (Å²) in [5.41, 5.74) is -0.368. The minimum absolute atomic E-state index is 0.368. The third kappa shape index (κ3) is 3.60. The molecule has 0 aromatic carbocycles. The van der Waals surface area contributed by atoms with E-state index >= 15 is 0 Å². The van der Waals surface area contributed by atoms with Crippen molar-refractivity contribution in [1.29, 1.82) is 0 Å². The van der Waals surface area contributed by atoms with E-state index in [9.17, 15) is 9.90 Å². The van der Waals surface area contributed by atoms with Crippen molar-refractivity contribution in [2.75, 3.05) is 11.9 Å². The summed E-state index contributed by atoms with van der Waals surface area (Å²) in [6.07, 6.45) is -1.11. The number of carboxylic acid groups (broad SMARTS) is 1. The van der Waals surface area contributed by atoms with Gasteiger partial charge < -0.3 is 14.8 Å². The first-order valence-electron chi connectivity index (χ1n) is 3.44. The van der Waals surface area contributed by atoms with Crippen molar-refractivity contribution in [3.05, 3.63) is 0 Å². The van der Waals surface area contributed by atoms with E-state index in [2.05, 4.69) is 15.9 Å². The number of carbonyl (C=O) groups is 1. The zero-order valence-corrected chi connectivity index (χ0v) is 8.64. The van der Waals surface area contributed by atoms with Crippen LogP contribution >= 0.6 is 15.9 Å². The van der Waals surface area contributed by atoms with E-state index in [-0.39, 0.29) is 5.54 Å². The molecule has 0 aromatic heterocycles. The minimum atomic E-state index is -1.11. The molecule has 0 atom stereocenters. The van der Waals surface area contributed by atoms with Crippen molar-refractivity contribution < 1.29 is 9.90 Å². The summed E-state index contributed by atoms with van der Waals surface area (Å²) in [5.74, 6) is 0. The van der Waals surface area contributed by atoms with Gasteiger partial charge in [-0.15, -0.1) is 0 Å². The van der Waals surface area contributed by atoms with Crippen LogP contribution in [0.15, 0.2) is 0 Å². The molecule has 0 radical (unpaired) electrons. The highest BCUT2D eigenvalue weighted by Gasteiger charge is 2.19. The second-order valence-corrected chi connectivity index (χ2v) is 4.07. The maximum absolute atomic E-state index is 10.5. The molecule has 1 amide bonds. The Bertz CT molecular complexity index is 142. The normalized spacial score (nSPS) is 11.3. The van der Waals surface area contributed by atoms with Gasteiger partial charge in [-0.05, 0) is 20.8 Å². The van der Waals surface area contributed by atoms with Gasteiger partial charge in [-0.25, -0.2) is 0 Å². The number of hydrogen-bond acceptors (Lipinski definition) is 2. The van der Waals surface area contributed by atoms with Crippen LogP contribution in [0.5, 0.6) is 0 Å². The Morgan fingerprint density at radius 1 is 1.55 bits per heavy atom. The Balaban J connectivity index is 4.22. The Morgan fingerprint density at radius 2 is 2.00 bits per heavy atom. The molecule has 0 rings (SSSR count). The zero-order valence-electron chi connectivity index (χ0n) is 7.06. The largest absolute Gasteiger partial charge is 0.530 e. The fourth-order valence-corrected chi connectivity index (χ4v) is 1.14.